The molecule has 2 aromatic rings. The predicted octanol–water partition coefficient (Wildman–Crippen LogP) is 2.22. The molecule has 0 aliphatic carbocycles. The minimum Gasteiger partial charge on any atom is -0.490 e. The summed E-state index contributed by atoms with van der Waals surface area (Å²) in [5.74, 6) is 2.29. The number of hydrogen-bond acceptors (Lipinski definition) is 5. The summed E-state index contributed by atoms with van der Waals surface area (Å²) in [6.45, 7) is 2.11. The maximum Gasteiger partial charge on any atom is 0.319 e. The zero-order chi connectivity index (χ0) is 17.6. The second-order valence-corrected chi connectivity index (χ2v) is 5.99. The Bertz CT molecular complexity index is 749. The Morgan fingerprint density at radius 1 is 1.36 bits per heavy atom. The highest BCUT2D eigenvalue weighted by Crippen LogP contribution is 2.27. The number of methoxy groups -OCH3 is 1. The van der Waals surface area contributed by atoms with Gasteiger partial charge in [0, 0.05) is 25.8 Å². The van der Waals surface area contributed by atoms with E-state index in [9.17, 15) is 4.79 Å². The van der Waals surface area contributed by atoms with Crippen LogP contribution in [0.3, 0.4) is 0 Å². The van der Waals surface area contributed by atoms with Crippen LogP contribution in [0.1, 0.15) is 18.1 Å². The molecule has 1 aliphatic rings. The van der Waals surface area contributed by atoms with Crippen molar-refractivity contribution in [3.05, 3.63) is 34.9 Å². The largest absolute Gasteiger partial charge is 0.490 e. The number of anilines is 1. The zero-order valence-corrected chi connectivity index (χ0v) is 14.7. The summed E-state index contributed by atoms with van der Waals surface area (Å²) in [7, 11) is 1.60. The van der Waals surface area contributed by atoms with Gasteiger partial charge in [0.2, 0.25) is 0 Å². The van der Waals surface area contributed by atoms with Crippen molar-refractivity contribution in [3.8, 4) is 5.75 Å². The number of ether oxygens (including phenoxy) is 2. The van der Waals surface area contributed by atoms with Gasteiger partial charge in [-0.05, 0) is 24.6 Å². The predicted molar refractivity (Wildman–Crippen MR) is 93.0 cm³/mol. The van der Waals surface area contributed by atoms with Gasteiger partial charge in [-0.25, -0.2) is 4.79 Å². The number of carbonyl (C=O) groups excluding carboxylic acids is 1. The Hall–Kier alpha value is -2.32. The molecule has 0 bridgehead atoms. The number of aryl methyl sites for hydroxylation is 1. The summed E-state index contributed by atoms with van der Waals surface area (Å²) >= 11 is 6.15. The monoisotopic (exact) mass is 365 g/mol. The summed E-state index contributed by atoms with van der Waals surface area (Å²) in [6.07, 6.45) is 2.01. The Balaban J connectivity index is 1.51. The lowest BCUT2D eigenvalue weighted by atomic mass is 10.3. The van der Waals surface area contributed by atoms with Crippen LogP contribution in [-0.2, 0) is 24.2 Å². The quantitative estimate of drug-likeness (QED) is 0.734. The number of aromatic nitrogens is 3. The van der Waals surface area contributed by atoms with Gasteiger partial charge in [-0.15, -0.1) is 10.2 Å². The van der Waals surface area contributed by atoms with E-state index in [0.29, 0.717) is 36.2 Å². The molecule has 1 aromatic carbocycles. The fraction of sp³-hybridized carbons (Fsp3) is 0.438. The smallest absolute Gasteiger partial charge is 0.319 e. The number of hydrogen-bond donors (Lipinski definition) is 2. The molecule has 9 heteroatoms. The second-order valence-electron chi connectivity index (χ2n) is 5.58. The fourth-order valence-corrected chi connectivity index (χ4v) is 2.84. The van der Waals surface area contributed by atoms with E-state index in [4.69, 9.17) is 21.1 Å². The van der Waals surface area contributed by atoms with Crippen LogP contribution in [0, 0.1) is 0 Å². The van der Waals surface area contributed by atoms with E-state index < -0.39 is 0 Å². The number of halogens is 1. The van der Waals surface area contributed by atoms with Crippen LogP contribution in [-0.4, -0.2) is 41.1 Å². The fourth-order valence-electron chi connectivity index (χ4n) is 2.61. The van der Waals surface area contributed by atoms with E-state index in [1.54, 1.807) is 25.3 Å². The number of fused-ring (bicyclic) bond motifs is 1. The zero-order valence-electron chi connectivity index (χ0n) is 13.9. The van der Waals surface area contributed by atoms with Gasteiger partial charge in [-0.3, -0.25) is 0 Å². The molecule has 134 valence electrons. The highest BCUT2D eigenvalue weighted by atomic mass is 35.5. The molecule has 0 saturated heterocycles. The summed E-state index contributed by atoms with van der Waals surface area (Å²) in [5, 5.41) is 14.1. The first-order chi connectivity index (χ1) is 12.2. The molecule has 2 N–H and O–H groups in total. The minimum atomic E-state index is -0.334. The lowest BCUT2D eigenvalue weighted by molar-refractivity contribution is 0.146. The molecule has 0 unspecified atom stereocenters. The van der Waals surface area contributed by atoms with Gasteiger partial charge >= 0.3 is 6.03 Å². The van der Waals surface area contributed by atoms with Crippen molar-refractivity contribution in [2.75, 3.05) is 25.6 Å². The Labute approximate surface area is 150 Å². The SMILES string of the molecule is COCCOc1ccc(NC(=O)NCc2nnc3n2CCC3)cc1Cl. The number of benzene rings is 1. The molecule has 8 nitrogen and oxygen atoms in total. The molecule has 0 radical (unpaired) electrons. The van der Waals surface area contributed by atoms with Gasteiger partial charge in [0.15, 0.2) is 5.82 Å². The molecule has 3 rings (SSSR count). The van der Waals surface area contributed by atoms with Crippen LogP contribution in [0.2, 0.25) is 5.02 Å². The third-order valence-electron chi connectivity index (χ3n) is 3.83. The molecule has 0 saturated carbocycles. The third-order valence-corrected chi connectivity index (χ3v) is 4.12. The van der Waals surface area contributed by atoms with Gasteiger partial charge in [-0.1, -0.05) is 11.6 Å². The topological polar surface area (TPSA) is 90.3 Å². The number of amides is 2. The van der Waals surface area contributed by atoms with Crippen molar-refractivity contribution in [2.24, 2.45) is 0 Å². The summed E-state index contributed by atoms with van der Waals surface area (Å²) < 4.78 is 12.4. The maximum atomic E-state index is 12.0. The molecule has 25 heavy (non-hydrogen) atoms. The number of urea groups is 1. The van der Waals surface area contributed by atoms with E-state index in [1.807, 2.05) is 4.57 Å². The maximum absolute atomic E-state index is 12.0. The van der Waals surface area contributed by atoms with Gasteiger partial charge in [0.25, 0.3) is 0 Å². The first-order valence-corrected chi connectivity index (χ1v) is 8.42. The average molecular weight is 366 g/mol. The van der Waals surface area contributed by atoms with Gasteiger partial charge in [0.1, 0.15) is 18.2 Å². The first kappa shape index (κ1) is 17.5. The Morgan fingerprint density at radius 3 is 3.04 bits per heavy atom. The van der Waals surface area contributed by atoms with Crippen LogP contribution >= 0.6 is 11.6 Å². The van der Waals surface area contributed by atoms with E-state index in [2.05, 4.69) is 20.8 Å². The van der Waals surface area contributed by atoms with Crippen molar-refractivity contribution < 1.29 is 14.3 Å². The van der Waals surface area contributed by atoms with Crippen LogP contribution in [0.5, 0.6) is 5.75 Å². The van der Waals surface area contributed by atoms with Crippen molar-refractivity contribution >= 4 is 23.3 Å². The molecule has 1 aromatic heterocycles. The average Bonchev–Trinajstić information content (AvgIpc) is 3.19. The molecule has 0 atom stereocenters. The summed E-state index contributed by atoms with van der Waals surface area (Å²) in [5.41, 5.74) is 0.577. The lowest BCUT2D eigenvalue weighted by Crippen LogP contribution is -2.29. The molecule has 2 heterocycles. The number of rotatable bonds is 7. The Morgan fingerprint density at radius 2 is 2.24 bits per heavy atom. The number of nitrogens with one attached hydrogen (secondary N) is 2. The highest BCUT2D eigenvalue weighted by molar-refractivity contribution is 6.32. The van der Waals surface area contributed by atoms with Gasteiger partial charge in [0.05, 0.1) is 18.2 Å². The molecule has 1 aliphatic heterocycles. The summed E-state index contributed by atoms with van der Waals surface area (Å²) in [4.78, 5) is 12.0. The van der Waals surface area contributed by atoms with Crippen molar-refractivity contribution in [1.82, 2.24) is 20.1 Å². The summed E-state index contributed by atoms with van der Waals surface area (Å²) in [6, 6.07) is 4.74. The third kappa shape index (κ3) is 4.40. The van der Waals surface area contributed by atoms with E-state index in [0.717, 1.165) is 31.0 Å². The number of carbonyl (C=O) groups is 1. The highest BCUT2D eigenvalue weighted by Gasteiger charge is 2.17. The normalized spacial score (nSPS) is 12.7. The van der Waals surface area contributed by atoms with E-state index in [1.165, 1.54) is 0 Å². The molecule has 0 fully saturated rings. The van der Waals surface area contributed by atoms with Crippen LogP contribution < -0.4 is 15.4 Å². The van der Waals surface area contributed by atoms with Crippen molar-refractivity contribution in [3.63, 3.8) is 0 Å². The van der Waals surface area contributed by atoms with Gasteiger partial charge < -0.3 is 24.7 Å². The molecule has 0 spiro atoms. The van der Waals surface area contributed by atoms with Crippen molar-refractivity contribution in [2.45, 2.75) is 25.9 Å². The molecular weight excluding hydrogens is 346 g/mol. The van der Waals surface area contributed by atoms with Gasteiger partial charge in [-0.2, -0.15) is 0 Å². The van der Waals surface area contributed by atoms with Crippen LogP contribution in [0.4, 0.5) is 10.5 Å². The van der Waals surface area contributed by atoms with E-state index >= 15 is 0 Å². The van der Waals surface area contributed by atoms with Crippen LogP contribution in [0.25, 0.3) is 0 Å². The molecular formula is C16H20ClN5O3. The Kier molecular flexibility index (Phi) is 5.72. The second kappa shape index (κ2) is 8.17. The standard InChI is InChI=1S/C16H20ClN5O3/c1-24-7-8-25-13-5-4-11(9-12(13)17)19-16(23)18-10-15-21-20-14-3-2-6-22(14)15/h4-5,9H,2-3,6-8,10H2,1H3,(H2,18,19,23). The first-order valence-electron chi connectivity index (χ1n) is 8.04. The van der Waals surface area contributed by atoms with Crippen molar-refractivity contribution in [1.29, 1.82) is 0 Å². The number of nitrogens with zero attached hydrogens (tertiary/aromatic N) is 3. The van der Waals surface area contributed by atoms with Crippen LogP contribution in [0.15, 0.2) is 18.2 Å². The lowest BCUT2D eigenvalue weighted by Gasteiger charge is -2.11. The molecule has 2 amide bonds. The van der Waals surface area contributed by atoms with E-state index in [-0.39, 0.29) is 6.03 Å². The minimum absolute atomic E-state index is 0.324.